The number of aryl methyl sites for hydroxylation is 1. The predicted octanol–water partition coefficient (Wildman–Crippen LogP) is 3.37. The molecule has 2 aromatic rings. The third-order valence-corrected chi connectivity index (χ3v) is 5.62. The predicted molar refractivity (Wildman–Crippen MR) is 110 cm³/mol. The number of rotatable bonds is 9. The highest BCUT2D eigenvalue weighted by Crippen LogP contribution is 2.22. The average molecular weight is 389 g/mol. The van der Waals surface area contributed by atoms with Gasteiger partial charge in [0, 0.05) is 6.04 Å². The van der Waals surface area contributed by atoms with E-state index in [2.05, 4.69) is 17.4 Å². The molecule has 0 bridgehead atoms. The van der Waals surface area contributed by atoms with Gasteiger partial charge in [-0.25, -0.2) is 8.42 Å². The molecular weight excluding hydrogens is 360 g/mol. The maximum atomic E-state index is 12.8. The Bertz CT molecular complexity index is 823. The molecule has 1 amide bonds. The second kappa shape index (κ2) is 9.55. The zero-order valence-corrected chi connectivity index (χ0v) is 16.9. The molecule has 1 N–H and O–H groups in total. The third-order valence-electron chi connectivity index (χ3n) is 4.44. The summed E-state index contributed by atoms with van der Waals surface area (Å²) < 4.78 is 26.0. The first-order chi connectivity index (χ1) is 12.8. The number of amides is 1. The van der Waals surface area contributed by atoms with Crippen molar-refractivity contribution in [3.8, 4) is 0 Å². The van der Waals surface area contributed by atoms with E-state index >= 15 is 0 Å². The van der Waals surface area contributed by atoms with Crippen LogP contribution in [0.15, 0.2) is 60.7 Å². The second-order valence-corrected chi connectivity index (χ2v) is 8.61. The van der Waals surface area contributed by atoms with E-state index in [4.69, 9.17) is 0 Å². The van der Waals surface area contributed by atoms with Gasteiger partial charge in [-0.2, -0.15) is 0 Å². The number of nitrogens with one attached hydrogen (secondary N) is 1. The van der Waals surface area contributed by atoms with Crippen molar-refractivity contribution in [2.24, 2.45) is 0 Å². The van der Waals surface area contributed by atoms with E-state index in [1.165, 1.54) is 9.87 Å². The number of para-hydroxylation sites is 1. The molecule has 146 valence electrons. The van der Waals surface area contributed by atoms with E-state index in [9.17, 15) is 13.2 Å². The van der Waals surface area contributed by atoms with Gasteiger partial charge in [-0.05, 0) is 43.9 Å². The molecule has 0 aliphatic carbocycles. The molecule has 0 unspecified atom stereocenters. The Morgan fingerprint density at radius 3 is 2.11 bits per heavy atom. The summed E-state index contributed by atoms with van der Waals surface area (Å²) in [6.07, 6.45) is 3.16. The zero-order valence-electron chi connectivity index (χ0n) is 16.1. The van der Waals surface area contributed by atoms with Gasteiger partial charge in [-0.1, -0.05) is 55.5 Å². The maximum absolute atomic E-state index is 12.8. The molecular formula is C21H28N2O3S. The van der Waals surface area contributed by atoms with Gasteiger partial charge in [-0.3, -0.25) is 9.10 Å². The van der Waals surface area contributed by atoms with Gasteiger partial charge in [0.25, 0.3) is 0 Å². The average Bonchev–Trinajstić information content (AvgIpc) is 2.64. The highest BCUT2D eigenvalue weighted by atomic mass is 32.2. The molecule has 0 radical (unpaired) electrons. The summed E-state index contributed by atoms with van der Waals surface area (Å²) in [7, 11) is -3.59. The largest absolute Gasteiger partial charge is 0.352 e. The number of hydrogen-bond acceptors (Lipinski definition) is 3. The standard InChI is InChI=1S/C21H28N2O3S/c1-4-20(23(27(3,25)26)19-13-9-6-10-14-19)21(24)22-17(2)15-16-18-11-7-5-8-12-18/h5-14,17,20H,4,15-16H2,1-3H3,(H,22,24)/t17-,20-/m1/s1. The fraction of sp³-hybridized carbons (Fsp3) is 0.381. The number of nitrogens with zero attached hydrogens (tertiary/aromatic N) is 1. The Balaban J connectivity index is 2.08. The van der Waals surface area contributed by atoms with Gasteiger partial charge in [0.1, 0.15) is 6.04 Å². The summed E-state index contributed by atoms with van der Waals surface area (Å²) in [6.45, 7) is 3.76. The van der Waals surface area contributed by atoms with Crippen molar-refractivity contribution in [3.05, 3.63) is 66.2 Å². The number of benzene rings is 2. The van der Waals surface area contributed by atoms with E-state index in [0.29, 0.717) is 12.1 Å². The Kier molecular flexibility index (Phi) is 7.42. The van der Waals surface area contributed by atoms with Crippen molar-refractivity contribution in [3.63, 3.8) is 0 Å². The molecule has 2 atom stereocenters. The summed E-state index contributed by atoms with van der Waals surface area (Å²) >= 11 is 0. The van der Waals surface area contributed by atoms with Crippen LogP contribution in [0.3, 0.4) is 0 Å². The monoisotopic (exact) mass is 388 g/mol. The molecule has 0 aromatic heterocycles. The van der Waals surface area contributed by atoms with Crippen molar-refractivity contribution in [2.75, 3.05) is 10.6 Å². The highest BCUT2D eigenvalue weighted by molar-refractivity contribution is 7.92. The summed E-state index contributed by atoms with van der Waals surface area (Å²) in [5.74, 6) is -0.271. The van der Waals surface area contributed by atoms with Crippen LogP contribution in [-0.2, 0) is 21.2 Å². The Morgan fingerprint density at radius 2 is 1.59 bits per heavy atom. The highest BCUT2D eigenvalue weighted by Gasteiger charge is 2.31. The van der Waals surface area contributed by atoms with Crippen molar-refractivity contribution in [1.29, 1.82) is 0 Å². The molecule has 0 aliphatic heterocycles. The molecule has 0 fully saturated rings. The second-order valence-electron chi connectivity index (χ2n) is 6.75. The van der Waals surface area contributed by atoms with Gasteiger partial charge >= 0.3 is 0 Å². The Hall–Kier alpha value is -2.34. The summed E-state index contributed by atoms with van der Waals surface area (Å²) in [5.41, 5.74) is 1.71. The molecule has 5 nitrogen and oxygen atoms in total. The van der Waals surface area contributed by atoms with Crippen molar-refractivity contribution < 1.29 is 13.2 Å². The first-order valence-electron chi connectivity index (χ1n) is 9.21. The first kappa shape index (κ1) is 21.0. The van der Waals surface area contributed by atoms with E-state index in [-0.39, 0.29) is 11.9 Å². The van der Waals surface area contributed by atoms with E-state index < -0.39 is 16.1 Å². The minimum absolute atomic E-state index is 0.0519. The molecule has 6 heteroatoms. The molecule has 0 saturated carbocycles. The van der Waals surface area contributed by atoms with E-state index in [1.54, 1.807) is 24.3 Å². The van der Waals surface area contributed by atoms with Crippen LogP contribution in [0.1, 0.15) is 32.3 Å². The minimum atomic E-state index is -3.59. The molecule has 0 heterocycles. The lowest BCUT2D eigenvalue weighted by atomic mass is 10.1. The third kappa shape index (κ3) is 6.10. The van der Waals surface area contributed by atoms with Crippen LogP contribution in [0.4, 0.5) is 5.69 Å². The Labute approximate surface area is 162 Å². The number of carbonyl (C=O) groups is 1. The molecule has 2 aromatic carbocycles. The summed E-state index contributed by atoms with van der Waals surface area (Å²) in [5, 5.41) is 2.98. The lowest BCUT2D eigenvalue weighted by molar-refractivity contribution is -0.122. The quantitative estimate of drug-likeness (QED) is 0.716. The fourth-order valence-electron chi connectivity index (χ4n) is 3.07. The SMILES string of the molecule is CC[C@H](C(=O)N[C@H](C)CCc1ccccc1)N(c1ccccc1)S(C)(=O)=O. The van der Waals surface area contributed by atoms with Crippen molar-refractivity contribution in [2.45, 2.75) is 45.2 Å². The van der Waals surface area contributed by atoms with Crippen LogP contribution in [0.5, 0.6) is 0 Å². The van der Waals surface area contributed by atoms with Crippen LogP contribution in [0.2, 0.25) is 0 Å². The molecule has 27 heavy (non-hydrogen) atoms. The minimum Gasteiger partial charge on any atom is -0.352 e. The zero-order chi connectivity index (χ0) is 19.9. The molecule has 0 aliphatic rings. The van der Waals surface area contributed by atoms with Crippen LogP contribution >= 0.6 is 0 Å². The van der Waals surface area contributed by atoms with Crippen LogP contribution in [0, 0.1) is 0 Å². The van der Waals surface area contributed by atoms with Gasteiger partial charge < -0.3 is 5.32 Å². The Morgan fingerprint density at radius 1 is 1.04 bits per heavy atom. The normalized spacial score (nSPS) is 13.6. The lowest BCUT2D eigenvalue weighted by Gasteiger charge is -2.31. The number of hydrogen-bond donors (Lipinski definition) is 1. The van der Waals surface area contributed by atoms with Gasteiger partial charge in [0.2, 0.25) is 15.9 Å². The van der Waals surface area contributed by atoms with Gasteiger partial charge in [0.15, 0.2) is 0 Å². The topological polar surface area (TPSA) is 66.5 Å². The summed E-state index contributed by atoms with van der Waals surface area (Å²) in [4.78, 5) is 12.8. The van der Waals surface area contributed by atoms with E-state index in [0.717, 1.165) is 19.1 Å². The molecule has 2 rings (SSSR count). The number of carbonyl (C=O) groups excluding carboxylic acids is 1. The lowest BCUT2D eigenvalue weighted by Crippen LogP contribution is -2.51. The fourth-order valence-corrected chi connectivity index (χ4v) is 4.29. The number of anilines is 1. The summed E-state index contributed by atoms with van der Waals surface area (Å²) in [6, 6.07) is 18.0. The van der Waals surface area contributed by atoms with Crippen molar-refractivity contribution in [1.82, 2.24) is 5.32 Å². The van der Waals surface area contributed by atoms with E-state index in [1.807, 2.05) is 38.1 Å². The maximum Gasteiger partial charge on any atom is 0.244 e. The van der Waals surface area contributed by atoms with Gasteiger partial charge in [-0.15, -0.1) is 0 Å². The van der Waals surface area contributed by atoms with Crippen molar-refractivity contribution >= 4 is 21.6 Å². The van der Waals surface area contributed by atoms with Crippen LogP contribution < -0.4 is 9.62 Å². The smallest absolute Gasteiger partial charge is 0.244 e. The molecule has 0 spiro atoms. The first-order valence-corrected chi connectivity index (χ1v) is 11.1. The van der Waals surface area contributed by atoms with Gasteiger partial charge in [0.05, 0.1) is 11.9 Å². The van der Waals surface area contributed by atoms with Crippen LogP contribution in [-0.4, -0.2) is 32.7 Å². The number of sulfonamides is 1. The van der Waals surface area contributed by atoms with Crippen LogP contribution in [0.25, 0.3) is 0 Å². The molecule has 0 saturated heterocycles.